The van der Waals surface area contributed by atoms with Crippen molar-refractivity contribution < 1.29 is 4.74 Å². The van der Waals surface area contributed by atoms with Crippen LogP contribution in [0.4, 0.5) is 0 Å². The molecule has 3 rings (SSSR count). The molecule has 0 saturated heterocycles. The molecule has 1 aliphatic rings. The van der Waals surface area contributed by atoms with Gasteiger partial charge in [0.2, 0.25) is 0 Å². The smallest absolute Gasteiger partial charge is 0.142 e. The first kappa shape index (κ1) is 12.2. The van der Waals surface area contributed by atoms with Crippen LogP contribution in [0.15, 0.2) is 36.8 Å². The molecule has 1 aromatic carbocycles. The Morgan fingerprint density at radius 1 is 1.42 bits per heavy atom. The van der Waals surface area contributed by atoms with E-state index in [1.54, 1.807) is 0 Å². The third-order valence-electron chi connectivity index (χ3n) is 3.78. The van der Waals surface area contributed by atoms with E-state index < -0.39 is 0 Å². The van der Waals surface area contributed by atoms with E-state index in [-0.39, 0.29) is 6.10 Å². The monoisotopic (exact) mass is 257 g/mol. The predicted octanol–water partition coefficient (Wildman–Crippen LogP) is 2.69. The number of hydrogen-bond donors (Lipinski definition) is 1. The maximum atomic E-state index is 6.15. The number of nitrogens with zero attached hydrogens (tertiary/aromatic N) is 2. The number of imidazole rings is 1. The average Bonchev–Trinajstić information content (AvgIpc) is 2.94. The minimum absolute atomic E-state index is 0.0646. The van der Waals surface area contributed by atoms with Crippen molar-refractivity contribution in [2.45, 2.75) is 32.0 Å². The maximum Gasteiger partial charge on any atom is 0.142 e. The van der Waals surface area contributed by atoms with Crippen molar-refractivity contribution in [2.24, 2.45) is 0 Å². The number of ether oxygens (including phenoxy) is 1. The number of para-hydroxylation sites is 1. The lowest BCUT2D eigenvalue weighted by atomic mass is 9.95. The van der Waals surface area contributed by atoms with Crippen LogP contribution in [-0.2, 0) is 6.54 Å². The first-order valence-corrected chi connectivity index (χ1v) is 6.76. The highest BCUT2D eigenvalue weighted by Crippen LogP contribution is 2.40. The quantitative estimate of drug-likeness (QED) is 0.919. The Bertz CT molecular complexity index is 564. The summed E-state index contributed by atoms with van der Waals surface area (Å²) in [5.74, 6) is 0.974. The number of nitrogens with one attached hydrogen (secondary N) is 1. The molecule has 0 amide bonds. The average molecular weight is 257 g/mol. The third-order valence-corrected chi connectivity index (χ3v) is 3.78. The Kier molecular flexibility index (Phi) is 3.25. The van der Waals surface area contributed by atoms with Crippen molar-refractivity contribution in [3.63, 3.8) is 0 Å². The van der Waals surface area contributed by atoms with Crippen molar-refractivity contribution in [1.29, 1.82) is 0 Å². The van der Waals surface area contributed by atoms with Crippen LogP contribution in [0.1, 0.15) is 36.7 Å². The van der Waals surface area contributed by atoms with Gasteiger partial charge >= 0.3 is 0 Å². The standard InChI is InChI=1S/C15H19N3O/c1-3-18-10-17-9-13(18)15-8-12(16-2)11-6-4-5-7-14(11)19-15/h4-7,9-10,12,15-16H,3,8H2,1-2H3. The van der Waals surface area contributed by atoms with Crippen LogP contribution in [-0.4, -0.2) is 16.6 Å². The molecule has 0 fully saturated rings. The van der Waals surface area contributed by atoms with Crippen molar-refractivity contribution in [3.05, 3.63) is 48.0 Å². The van der Waals surface area contributed by atoms with Crippen molar-refractivity contribution in [1.82, 2.24) is 14.9 Å². The Labute approximate surface area is 113 Å². The van der Waals surface area contributed by atoms with Gasteiger partial charge in [0.05, 0.1) is 18.2 Å². The predicted molar refractivity (Wildman–Crippen MR) is 74.1 cm³/mol. The van der Waals surface area contributed by atoms with E-state index in [4.69, 9.17) is 4.74 Å². The second-order valence-corrected chi connectivity index (χ2v) is 4.83. The zero-order valence-corrected chi connectivity index (χ0v) is 11.3. The van der Waals surface area contributed by atoms with Crippen LogP contribution in [0.25, 0.3) is 0 Å². The van der Waals surface area contributed by atoms with Gasteiger partial charge in [-0.1, -0.05) is 18.2 Å². The summed E-state index contributed by atoms with van der Waals surface area (Å²) in [7, 11) is 2.00. The van der Waals surface area contributed by atoms with Gasteiger partial charge in [-0.05, 0) is 20.0 Å². The molecule has 1 N–H and O–H groups in total. The normalized spacial score (nSPS) is 21.8. The molecule has 100 valence electrons. The highest BCUT2D eigenvalue weighted by Gasteiger charge is 2.29. The fraction of sp³-hybridized carbons (Fsp3) is 0.400. The van der Waals surface area contributed by atoms with Gasteiger partial charge in [-0.3, -0.25) is 0 Å². The highest BCUT2D eigenvalue weighted by atomic mass is 16.5. The molecular weight excluding hydrogens is 238 g/mol. The number of benzene rings is 1. The number of aromatic nitrogens is 2. The fourth-order valence-electron chi connectivity index (χ4n) is 2.74. The number of hydrogen-bond acceptors (Lipinski definition) is 3. The van der Waals surface area contributed by atoms with E-state index in [0.717, 1.165) is 24.4 Å². The highest BCUT2D eigenvalue weighted by molar-refractivity contribution is 5.38. The summed E-state index contributed by atoms with van der Waals surface area (Å²) in [5, 5.41) is 3.38. The summed E-state index contributed by atoms with van der Waals surface area (Å²) in [4.78, 5) is 4.24. The molecule has 2 heterocycles. The lowest BCUT2D eigenvalue weighted by Gasteiger charge is -2.32. The lowest BCUT2D eigenvalue weighted by molar-refractivity contribution is 0.146. The summed E-state index contributed by atoms with van der Waals surface area (Å²) in [6.45, 7) is 3.04. The van der Waals surface area contributed by atoms with Gasteiger partial charge < -0.3 is 14.6 Å². The minimum atomic E-state index is 0.0646. The minimum Gasteiger partial charge on any atom is -0.484 e. The van der Waals surface area contributed by atoms with Crippen molar-refractivity contribution in [2.75, 3.05) is 7.05 Å². The molecule has 0 bridgehead atoms. The fourth-order valence-corrected chi connectivity index (χ4v) is 2.74. The Balaban J connectivity index is 1.95. The zero-order chi connectivity index (χ0) is 13.2. The molecule has 1 aliphatic heterocycles. The third kappa shape index (κ3) is 2.12. The Morgan fingerprint density at radius 3 is 3.05 bits per heavy atom. The molecule has 2 atom stereocenters. The van der Waals surface area contributed by atoms with Gasteiger partial charge in [0.15, 0.2) is 0 Å². The summed E-state index contributed by atoms with van der Waals surface area (Å²) in [6.07, 6.45) is 4.77. The summed E-state index contributed by atoms with van der Waals surface area (Å²) in [5.41, 5.74) is 2.39. The van der Waals surface area contributed by atoms with E-state index in [0.29, 0.717) is 6.04 Å². The molecule has 0 spiro atoms. The van der Waals surface area contributed by atoms with Gasteiger partial charge in [0.1, 0.15) is 11.9 Å². The van der Waals surface area contributed by atoms with Crippen molar-refractivity contribution >= 4 is 0 Å². The molecule has 2 unspecified atom stereocenters. The molecule has 19 heavy (non-hydrogen) atoms. The largest absolute Gasteiger partial charge is 0.484 e. The zero-order valence-electron chi connectivity index (χ0n) is 11.3. The van der Waals surface area contributed by atoms with Crippen LogP contribution in [0.5, 0.6) is 5.75 Å². The van der Waals surface area contributed by atoms with E-state index >= 15 is 0 Å². The first-order chi connectivity index (χ1) is 9.33. The Hall–Kier alpha value is -1.81. The number of fused-ring (bicyclic) bond motifs is 1. The summed E-state index contributed by atoms with van der Waals surface area (Å²) < 4.78 is 8.29. The second-order valence-electron chi connectivity index (χ2n) is 4.83. The van der Waals surface area contributed by atoms with Crippen LogP contribution >= 0.6 is 0 Å². The molecule has 4 nitrogen and oxygen atoms in total. The molecule has 2 aromatic rings. The summed E-state index contributed by atoms with van der Waals surface area (Å²) in [6, 6.07) is 8.58. The van der Waals surface area contributed by atoms with Gasteiger partial charge in [-0.15, -0.1) is 0 Å². The Morgan fingerprint density at radius 2 is 2.26 bits per heavy atom. The molecule has 4 heteroatoms. The van der Waals surface area contributed by atoms with Gasteiger partial charge in [-0.25, -0.2) is 4.98 Å². The van der Waals surface area contributed by atoms with E-state index in [1.807, 2.05) is 31.7 Å². The van der Waals surface area contributed by atoms with E-state index in [9.17, 15) is 0 Å². The summed E-state index contributed by atoms with van der Waals surface area (Å²) >= 11 is 0. The van der Waals surface area contributed by atoms with Gasteiger partial charge in [-0.2, -0.15) is 0 Å². The first-order valence-electron chi connectivity index (χ1n) is 6.76. The van der Waals surface area contributed by atoms with Crippen LogP contribution in [0.3, 0.4) is 0 Å². The SMILES string of the molecule is CCn1cncc1C1CC(NC)c2ccccc2O1. The van der Waals surface area contributed by atoms with Crippen molar-refractivity contribution in [3.8, 4) is 5.75 Å². The van der Waals surface area contributed by atoms with Crippen LogP contribution in [0, 0.1) is 0 Å². The lowest BCUT2D eigenvalue weighted by Crippen LogP contribution is -2.27. The van der Waals surface area contributed by atoms with Crippen LogP contribution < -0.4 is 10.1 Å². The molecule has 0 aliphatic carbocycles. The molecule has 0 saturated carbocycles. The second kappa shape index (κ2) is 5.05. The number of aryl methyl sites for hydroxylation is 1. The van der Waals surface area contributed by atoms with Gasteiger partial charge in [0, 0.05) is 24.6 Å². The molecule has 0 radical (unpaired) electrons. The van der Waals surface area contributed by atoms with Crippen LogP contribution in [0.2, 0.25) is 0 Å². The molecule has 1 aromatic heterocycles. The maximum absolute atomic E-state index is 6.15. The van der Waals surface area contributed by atoms with Gasteiger partial charge in [0.25, 0.3) is 0 Å². The van der Waals surface area contributed by atoms with E-state index in [1.165, 1.54) is 5.56 Å². The molecular formula is C15H19N3O. The topological polar surface area (TPSA) is 39.1 Å². The van der Waals surface area contributed by atoms with E-state index in [2.05, 4.69) is 33.9 Å². The number of rotatable bonds is 3.